The third-order valence-electron chi connectivity index (χ3n) is 5.47. The highest BCUT2D eigenvalue weighted by Gasteiger charge is 2.21. The van der Waals surface area contributed by atoms with Gasteiger partial charge in [-0.05, 0) is 51.0 Å². The van der Waals surface area contributed by atoms with E-state index < -0.39 is 0 Å². The quantitative estimate of drug-likeness (QED) is 0.798. The monoisotopic (exact) mass is 352 g/mol. The normalized spacial score (nSPS) is 15.1. The van der Waals surface area contributed by atoms with Gasteiger partial charge in [-0.2, -0.15) is 5.10 Å². The lowest BCUT2D eigenvalue weighted by Gasteiger charge is -2.36. The molecule has 0 N–H and O–H groups in total. The summed E-state index contributed by atoms with van der Waals surface area (Å²) in [6.07, 6.45) is 3.58. The summed E-state index contributed by atoms with van der Waals surface area (Å²) in [5.74, 6) is 0.0771. The number of anilines is 1. The van der Waals surface area contributed by atoms with Crippen LogP contribution in [0.2, 0.25) is 0 Å². The van der Waals surface area contributed by atoms with Crippen molar-refractivity contribution >= 4 is 17.7 Å². The van der Waals surface area contributed by atoms with Gasteiger partial charge in [0, 0.05) is 56.2 Å². The number of carbonyl (C=O) groups excluding carboxylic acids is 1. The van der Waals surface area contributed by atoms with Crippen LogP contribution in [-0.2, 0) is 11.8 Å². The average molecular weight is 352 g/mol. The van der Waals surface area contributed by atoms with Gasteiger partial charge < -0.3 is 9.80 Å². The maximum absolute atomic E-state index is 12.6. The number of carbonyl (C=O) groups is 1. The van der Waals surface area contributed by atoms with Crippen molar-refractivity contribution in [2.24, 2.45) is 7.05 Å². The molecule has 5 nitrogen and oxygen atoms in total. The second-order valence-corrected chi connectivity index (χ2v) is 7.07. The topological polar surface area (TPSA) is 41.4 Å². The predicted octanol–water partition coefficient (Wildman–Crippen LogP) is 3.02. The maximum Gasteiger partial charge on any atom is 0.246 e. The number of amides is 1. The molecule has 26 heavy (non-hydrogen) atoms. The molecule has 1 fully saturated rings. The van der Waals surface area contributed by atoms with Crippen LogP contribution >= 0.6 is 0 Å². The van der Waals surface area contributed by atoms with Crippen LogP contribution in [0, 0.1) is 27.7 Å². The first-order valence-corrected chi connectivity index (χ1v) is 9.17. The fraction of sp³-hybridized carbons (Fsp3) is 0.429. The molecule has 2 heterocycles. The van der Waals surface area contributed by atoms with Crippen LogP contribution in [0.1, 0.15) is 28.1 Å². The standard InChI is InChI=1S/C21H28N4O/c1-15-7-6-8-20(16(15)2)24-11-13-25(14-12-24)21(26)10-9-19-17(3)22-23(5)18(19)4/h6-10H,11-14H2,1-5H3. The summed E-state index contributed by atoms with van der Waals surface area (Å²) >= 11 is 0. The highest BCUT2D eigenvalue weighted by Crippen LogP contribution is 2.24. The molecule has 1 aliphatic rings. The zero-order valence-corrected chi connectivity index (χ0v) is 16.4. The van der Waals surface area contributed by atoms with E-state index in [1.165, 1.54) is 16.8 Å². The van der Waals surface area contributed by atoms with Crippen LogP contribution in [-0.4, -0.2) is 46.8 Å². The molecule has 0 bridgehead atoms. The second kappa shape index (κ2) is 7.36. The van der Waals surface area contributed by atoms with Crippen LogP contribution in [0.4, 0.5) is 5.69 Å². The zero-order chi connectivity index (χ0) is 18.8. The summed E-state index contributed by atoms with van der Waals surface area (Å²) in [5, 5.41) is 4.39. The van der Waals surface area contributed by atoms with Gasteiger partial charge in [-0.1, -0.05) is 12.1 Å². The third-order valence-corrected chi connectivity index (χ3v) is 5.47. The Labute approximate surface area is 155 Å². The fourth-order valence-electron chi connectivity index (χ4n) is 3.54. The fourth-order valence-corrected chi connectivity index (χ4v) is 3.54. The van der Waals surface area contributed by atoms with Crippen molar-refractivity contribution in [3.63, 3.8) is 0 Å². The van der Waals surface area contributed by atoms with Gasteiger partial charge in [0.05, 0.1) is 5.69 Å². The Morgan fingerprint density at radius 3 is 2.38 bits per heavy atom. The van der Waals surface area contributed by atoms with Crippen molar-refractivity contribution in [3.8, 4) is 0 Å². The number of hydrogen-bond donors (Lipinski definition) is 0. The molecule has 1 amide bonds. The Hall–Kier alpha value is -2.56. The summed E-state index contributed by atoms with van der Waals surface area (Å²) in [6, 6.07) is 6.43. The molecule has 1 aromatic carbocycles. The van der Waals surface area contributed by atoms with Crippen molar-refractivity contribution in [1.29, 1.82) is 0 Å². The number of aryl methyl sites for hydroxylation is 3. The molecule has 0 atom stereocenters. The average Bonchev–Trinajstić information content (AvgIpc) is 2.87. The number of benzene rings is 1. The first-order chi connectivity index (χ1) is 12.4. The van der Waals surface area contributed by atoms with Crippen molar-refractivity contribution in [2.75, 3.05) is 31.1 Å². The summed E-state index contributed by atoms with van der Waals surface area (Å²) < 4.78 is 1.85. The number of piperazine rings is 1. The predicted molar refractivity (Wildman–Crippen MR) is 106 cm³/mol. The molecule has 3 rings (SSSR count). The number of nitrogens with zero attached hydrogens (tertiary/aromatic N) is 4. The third kappa shape index (κ3) is 3.52. The molecule has 0 aliphatic carbocycles. The summed E-state index contributed by atoms with van der Waals surface area (Å²) in [6.45, 7) is 11.6. The Morgan fingerprint density at radius 1 is 1.08 bits per heavy atom. The summed E-state index contributed by atoms with van der Waals surface area (Å²) in [4.78, 5) is 16.9. The lowest BCUT2D eigenvalue weighted by Crippen LogP contribution is -2.48. The highest BCUT2D eigenvalue weighted by molar-refractivity contribution is 5.92. The molecule has 1 saturated heterocycles. The van der Waals surface area contributed by atoms with Crippen molar-refractivity contribution in [1.82, 2.24) is 14.7 Å². The molecule has 5 heteroatoms. The first-order valence-electron chi connectivity index (χ1n) is 9.17. The molecule has 2 aromatic rings. The number of hydrogen-bond acceptors (Lipinski definition) is 3. The van der Waals surface area contributed by atoms with Gasteiger partial charge in [-0.3, -0.25) is 9.48 Å². The molecule has 1 aliphatic heterocycles. The van der Waals surface area contributed by atoms with Crippen LogP contribution in [0.25, 0.3) is 6.08 Å². The molecule has 0 radical (unpaired) electrons. The number of aromatic nitrogens is 2. The van der Waals surface area contributed by atoms with Gasteiger partial charge >= 0.3 is 0 Å². The Kier molecular flexibility index (Phi) is 5.16. The molecule has 0 saturated carbocycles. The Balaban J connectivity index is 1.63. The van der Waals surface area contributed by atoms with E-state index in [0.29, 0.717) is 0 Å². The van der Waals surface area contributed by atoms with E-state index in [0.717, 1.165) is 43.1 Å². The minimum absolute atomic E-state index is 0.0771. The SMILES string of the molecule is Cc1cccc(N2CCN(C(=O)C=Cc3c(C)nn(C)c3C)CC2)c1C. The summed E-state index contributed by atoms with van der Waals surface area (Å²) in [7, 11) is 1.92. The smallest absolute Gasteiger partial charge is 0.246 e. The summed E-state index contributed by atoms with van der Waals surface area (Å²) in [5.41, 5.74) is 6.99. The van der Waals surface area contributed by atoms with E-state index in [1.54, 1.807) is 6.08 Å². The molecule has 1 aromatic heterocycles. The highest BCUT2D eigenvalue weighted by atomic mass is 16.2. The van der Waals surface area contributed by atoms with Gasteiger partial charge in [0.15, 0.2) is 0 Å². The maximum atomic E-state index is 12.6. The van der Waals surface area contributed by atoms with E-state index in [1.807, 2.05) is 36.6 Å². The first kappa shape index (κ1) is 18.2. The van der Waals surface area contributed by atoms with Crippen molar-refractivity contribution < 1.29 is 4.79 Å². The van der Waals surface area contributed by atoms with Gasteiger partial charge in [-0.15, -0.1) is 0 Å². The minimum Gasteiger partial charge on any atom is -0.368 e. The number of rotatable bonds is 3. The van der Waals surface area contributed by atoms with E-state index in [2.05, 4.69) is 42.0 Å². The molecule has 0 spiro atoms. The van der Waals surface area contributed by atoms with Crippen LogP contribution in [0.5, 0.6) is 0 Å². The second-order valence-electron chi connectivity index (χ2n) is 7.07. The van der Waals surface area contributed by atoms with Crippen LogP contribution < -0.4 is 4.90 Å². The van der Waals surface area contributed by atoms with Gasteiger partial charge in [0.1, 0.15) is 0 Å². The van der Waals surface area contributed by atoms with Gasteiger partial charge in [-0.25, -0.2) is 0 Å². The lowest BCUT2D eigenvalue weighted by molar-refractivity contribution is -0.126. The van der Waals surface area contributed by atoms with E-state index in [4.69, 9.17) is 0 Å². The zero-order valence-electron chi connectivity index (χ0n) is 16.4. The molecule has 0 unspecified atom stereocenters. The van der Waals surface area contributed by atoms with Crippen LogP contribution in [0.15, 0.2) is 24.3 Å². The van der Waals surface area contributed by atoms with E-state index >= 15 is 0 Å². The van der Waals surface area contributed by atoms with Crippen LogP contribution in [0.3, 0.4) is 0 Å². The molecular formula is C21H28N4O. The minimum atomic E-state index is 0.0771. The Morgan fingerprint density at radius 2 is 1.77 bits per heavy atom. The van der Waals surface area contributed by atoms with Gasteiger partial charge in [0.2, 0.25) is 5.91 Å². The largest absolute Gasteiger partial charge is 0.368 e. The van der Waals surface area contributed by atoms with Crippen molar-refractivity contribution in [3.05, 3.63) is 52.4 Å². The lowest BCUT2D eigenvalue weighted by atomic mass is 10.1. The van der Waals surface area contributed by atoms with Crippen molar-refractivity contribution in [2.45, 2.75) is 27.7 Å². The van der Waals surface area contributed by atoms with Gasteiger partial charge in [0.25, 0.3) is 0 Å². The Bertz CT molecular complexity index is 842. The molecular weight excluding hydrogens is 324 g/mol. The molecule has 138 valence electrons. The van der Waals surface area contributed by atoms with E-state index in [9.17, 15) is 4.79 Å². The van der Waals surface area contributed by atoms with E-state index in [-0.39, 0.29) is 5.91 Å².